The average Bonchev–Trinajstić information content (AvgIpc) is 2.99. The lowest BCUT2D eigenvalue weighted by Crippen LogP contribution is -2.51. The fourth-order valence-electron chi connectivity index (χ4n) is 3.30. The third-order valence-electron chi connectivity index (χ3n) is 4.22. The molecule has 136 valence electrons. The van der Waals surface area contributed by atoms with Gasteiger partial charge in [0, 0.05) is 13.2 Å². The largest absolute Gasteiger partial charge is 0.444 e. The third kappa shape index (κ3) is 4.50. The summed E-state index contributed by atoms with van der Waals surface area (Å²) in [4.78, 5) is 27.0. The molecule has 0 bridgehead atoms. The number of alkyl carbamates (subject to hydrolysis) is 1. The lowest BCUT2D eigenvalue weighted by molar-refractivity contribution is -0.134. The summed E-state index contributed by atoms with van der Waals surface area (Å²) in [7, 11) is 0. The minimum Gasteiger partial charge on any atom is -0.444 e. The fraction of sp³-hybridized carbons (Fsp3) is 0.778. The molecule has 2 saturated heterocycles. The number of nitrogens with zero attached hydrogens (tertiary/aromatic N) is 1. The van der Waals surface area contributed by atoms with Crippen molar-refractivity contribution < 1.29 is 19.1 Å². The minimum absolute atomic E-state index is 0.0418. The van der Waals surface area contributed by atoms with Crippen LogP contribution in [0.25, 0.3) is 0 Å². The molecule has 1 N–H and O–H groups in total. The summed E-state index contributed by atoms with van der Waals surface area (Å²) < 4.78 is 11.0. The van der Waals surface area contributed by atoms with Crippen LogP contribution in [-0.4, -0.2) is 53.8 Å². The van der Waals surface area contributed by atoms with E-state index in [1.807, 2.05) is 18.7 Å². The number of likely N-dealkylation sites (tertiary alicyclic amines) is 1. The van der Waals surface area contributed by atoms with Gasteiger partial charge in [-0.25, -0.2) is 4.79 Å². The highest BCUT2D eigenvalue weighted by atomic mass is 16.6. The SMILES string of the molecule is C=C1CN(C(=O)[C@H](CC(C)C)NC(=O)OC(C)(C)C)[C@@H]2CCO[C@H]12. The highest BCUT2D eigenvalue weighted by molar-refractivity contribution is 5.86. The lowest BCUT2D eigenvalue weighted by atomic mass is 10.0. The van der Waals surface area contributed by atoms with Crippen molar-refractivity contribution in [2.45, 2.75) is 71.2 Å². The number of hydrogen-bond acceptors (Lipinski definition) is 4. The molecule has 2 amide bonds. The van der Waals surface area contributed by atoms with Crippen LogP contribution >= 0.6 is 0 Å². The van der Waals surface area contributed by atoms with E-state index >= 15 is 0 Å². The Labute approximate surface area is 144 Å². The smallest absolute Gasteiger partial charge is 0.408 e. The first kappa shape index (κ1) is 18.8. The summed E-state index contributed by atoms with van der Waals surface area (Å²) in [6, 6.07) is -0.549. The molecule has 0 aromatic carbocycles. The van der Waals surface area contributed by atoms with Crippen molar-refractivity contribution >= 4 is 12.0 Å². The highest BCUT2D eigenvalue weighted by Gasteiger charge is 2.45. The van der Waals surface area contributed by atoms with Gasteiger partial charge in [0.15, 0.2) is 0 Å². The van der Waals surface area contributed by atoms with E-state index in [4.69, 9.17) is 9.47 Å². The number of carbonyl (C=O) groups excluding carboxylic acids is 2. The van der Waals surface area contributed by atoms with Crippen LogP contribution in [0, 0.1) is 5.92 Å². The molecule has 0 spiro atoms. The molecule has 2 aliphatic heterocycles. The van der Waals surface area contributed by atoms with Crippen molar-refractivity contribution in [3.8, 4) is 0 Å². The molecule has 2 aliphatic rings. The number of fused-ring (bicyclic) bond motifs is 1. The Morgan fingerprint density at radius 3 is 2.67 bits per heavy atom. The summed E-state index contributed by atoms with van der Waals surface area (Å²) in [5.74, 6) is 0.198. The predicted octanol–water partition coefficient (Wildman–Crippen LogP) is 2.48. The van der Waals surface area contributed by atoms with Crippen LogP contribution in [0.3, 0.4) is 0 Å². The summed E-state index contributed by atoms with van der Waals surface area (Å²) in [6.45, 7) is 14.6. The zero-order valence-corrected chi connectivity index (χ0v) is 15.4. The second-order valence-corrected chi connectivity index (χ2v) is 8.10. The highest BCUT2D eigenvalue weighted by Crippen LogP contribution is 2.32. The standard InChI is InChI=1S/C18H30N2O4/c1-11(2)9-13(19-17(22)24-18(4,5)6)16(21)20-10-12(3)15-14(20)7-8-23-15/h11,13-15H,3,7-10H2,1-2,4-6H3,(H,19,22)/t13-,14+,15+/m0/s1. The Morgan fingerprint density at radius 1 is 1.42 bits per heavy atom. The van der Waals surface area contributed by atoms with E-state index < -0.39 is 17.7 Å². The molecule has 0 radical (unpaired) electrons. The molecule has 3 atom stereocenters. The molecule has 0 unspecified atom stereocenters. The van der Waals surface area contributed by atoms with Crippen LogP contribution in [0.15, 0.2) is 12.2 Å². The maximum atomic E-state index is 13.0. The second-order valence-electron chi connectivity index (χ2n) is 8.10. The molecule has 6 nitrogen and oxygen atoms in total. The van der Waals surface area contributed by atoms with Gasteiger partial charge >= 0.3 is 6.09 Å². The monoisotopic (exact) mass is 338 g/mol. The quantitative estimate of drug-likeness (QED) is 0.800. The van der Waals surface area contributed by atoms with E-state index in [1.54, 1.807) is 20.8 Å². The van der Waals surface area contributed by atoms with Gasteiger partial charge in [-0.1, -0.05) is 20.4 Å². The van der Waals surface area contributed by atoms with Gasteiger partial charge < -0.3 is 19.7 Å². The van der Waals surface area contributed by atoms with Crippen molar-refractivity contribution in [2.24, 2.45) is 5.92 Å². The number of hydrogen-bond donors (Lipinski definition) is 1. The zero-order chi connectivity index (χ0) is 18.1. The van der Waals surface area contributed by atoms with Crippen LogP contribution in [-0.2, 0) is 14.3 Å². The number of amides is 2. The minimum atomic E-state index is -0.595. The normalized spacial score (nSPS) is 24.9. The van der Waals surface area contributed by atoms with E-state index in [0.29, 0.717) is 19.6 Å². The Balaban J connectivity index is 2.08. The molecular formula is C18H30N2O4. The van der Waals surface area contributed by atoms with Crippen molar-refractivity contribution in [1.82, 2.24) is 10.2 Å². The first-order valence-corrected chi connectivity index (χ1v) is 8.67. The van der Waals surface area contributed by atoms with Crippen molar-refractivity contribution in [2.75, 3.05) is 13.2 Å². The fourth-order valence-corrected chi connectivity index (χ4v) is 3.30. The van der Waals surface area contributed by atoms with E-state index in [1.165, 1.54) is 0 Å². The molecule has 0 aliphatic carbocycles. The van der Waals surface area contributed by atoms with Crippen LogP contribution in [0.1, 0.15) is 47.5 Å². The van der Waals surface area contributed by atoms with Crippen LogP contribution in [0.4, 0.5) is 4.79 Å². The Kier molecular flexibility index (Phi) is 5.58. The van der Waals surface area contributed by atoms with Gasteiger partial charge in [-0.2, -0.15) is 0 Å². The van der Waals surface area contributed by atoms with Crippen LogP contribution in [0.5, 0.6) is 0 Å². The van der Waals surface area contributed by atoms with Gasteiger partial charge in [0.1, 0.15) is 17.7 Å². The van der Waals surface area contributed by atoms with Gasteiger partial charge in [0.2, 0.25) is 5.91 Å². The van der Waals surface area contributed by atoms with E-state index in [0.717, 1.165) is 12.0 Å². The maximum absolute atomic E-state index is 13.0. The van der Waals surface area contributed by atoms with Gasteiger partial charge in [-0.3, -0.25) is 4.79 Å². The van der Waals surface area contributed by atoms with Gasteiger partial charge in [0.05, 0.1) is 6.04 Å². The van der Waals surface area contributed by atoms with Crippen molar-refractivity contribution in [1.29, 1.82) is 0 Å². The van der Waals surface area contributed by atoms with E-state index in [-0.39, 0.29) is 24.0 Å². The molecule has 6 heteroatoms. The molecule has 24 heavy (non-hydrogen) atoms. The number of nitrogens with one attached hydrogen (secondary N) is 1. The van der Waals surface area contributed by atoms with E-state index in [9.17, 15) is 9.59 Å². The maximum Gasteiger partial charge on any atom is 0.408 e. The molecule has 0 aromatic heterocycles. The molecule has 2 heterocycles. The predicted molar refractivity (Wildman–Crippen MR) is 91.6 cm³/mol. The number of ether oxygens (including phenoxy) is 2. The van der Waals surface area contributed by atoms with Gasteiger partial charge in [-0.15, -0.1) is 0 Å². The van der Waals surface area contributed by atoms with E-state index in [2.05, 4.69) is 11.9 Å². The zero-order valence-electron chi connectivity index (χ0n) is 15.4. The Hall–Kier alpha value is -1.56. The molecule has 0 aromatic rings. The lowest BCUT2D eigenvalue weighted by Gasteiger charge is -2.29. The molecular weight excluding hydrogens is 308 g/mol. The Bertz CT molecular complexity index is 510. The van der Waals surface area contributed by atoms with Gasteiger partial charge in [-0.05, 0) is 45.1 Å². The third-order valence-corrected chi connectivity index (χ3v) is 4.22. The molecule has 2 fully saturated rings. The first-order chi connectivity index (χ1) is 11.1. The van der Waals surface area contributed by atoms with Gasteiger partial charge in [0.25, 0.3) is 0 Å². The molecule has 2 rings (SSSR count). The number of rotatable bonds is 4. The van der Waals surface area contributed by atoms with Crippen LogP contribution in [0.2, 0.25) is 0 Å². The second kappa shape index (κ2) is 7.13. The summed E-state index contributed by atoms with van der Waals surface area (Å²) >= 11 is 0. The summed E-state index contributed by atoms with van der Waals surface area (Å²) in [5, 5.41) is 2.75. The number of carbonyl (C=O) groups is 2. The van der Waals surface area contributed by atoms with Crippen molar-refractivity contribution in [3.05, 3.63) is 12.2 Å². The van der Waals surface area contributed by atoms with Crippen molar-refractivity contribution in [3.63, 3.8) is 0 Å². The first-order valence-electron chi connectivity index (χ1n) is 8.67. The summed E-state index contributed by atoms with van der Waals surface area (Å²) in [6.07, 6.45) is 0.768. The van der Waals surface area contributed by atoms with Crippen LogP contribution < -0.4 is 5.32 Å². The Morgan fingerprint density at radius 2 is 2.08 bits per heavy atom. The molecule has 0 saturated carbocycles. The summed E-state index contributed by atoms with van der Waals surface area (Å²) in [5.41, 5.74) is 0.341. The topological polar surface area (TPSA) is 67.9 Å². The average molecular weight is 338 g/mol.